The van der Waals surface area contributed by atoms with Gasteiger partial charge >= 0.3 is 0 Å². The summed E-state index contributed by atoms with van der Waals surface area (Å²) in [5, 5.41) is 10.9. The Morgan fingerprint density at radius 1 is 1.04 bits per heavy atom. The third-order valence-electron chi connectivity index (χ3n) is 5.07. The maximum Gasteiger partial charge on any atom is 0.269 e. The van der Waals surface area contributed by atoms with Crippen LogP contribution < -0.4 is 4.43 Å². The molecular formula is C20H23N3O3Si. The summed E-state index contributed by atoms with van der Waals surface area (Å²) in [4.78, 5) is 19.5. The molecule has 0 aliphatic carbocycles. The van der Waals surface area contributed by atoms with Crippen LogP contribution in [0.3, 0.4) is 0 Å². The zero-order chi connectivity index (χ0) is 19.8. The molecule has 0 unspecified atom stereocenters. The van der Waals surface area contributed by atoms with E-state index in [9.17, 15) is 10.1 Å². The van der Waals surface area contributed by atoms with Crippen LogP contribution in [0.5, 0.6) is 5.75 Å². The first-order valence-electron chi connectivity index (χ1n) is 8.77. The lowest BCUT2D eigenvalue weighted by molar-refractivity contribution is -0.384. The Kier molecular flexibility index (Phi) is 4.73. The van der Waals surface area contributed by atoms with Crippen molar-refractivity contribution in [3.05, 3.63) is 58.8 Å². The fourth-order valence-corrected chi connectivity index (χ4v) is 3.42. The summed E-state index contributed by atoms with van der Waals surface area (Å²) >= 11 is 0. The summed E-state index contributed by atoms with van der Waals surface area (Å²) in [6.45, 7) is 11.0. The standard InChI is InChI=1S/C20H23N3O3Si/c1-20(2,3)27(4,5)26-16-10-11-17-18(12-16)22-19(13-21-17)14-6-8-15(9-7-14)23(24)25/h6-13H,1-5H3. The molecule has 140 valence electrons. The summed E-state index contributed by atoms with van der Waals surface area (Å²) < 4.78 is 6.36. The first-order valence-corrected chi connectivity index (χ1v) is 11.7. The lowest BCUT2D eigenvalue weighted by atomic mass is 10.1. The number of fused-ring (bicyclic) bond motifs is 1. The van der Waals surface area contributed by atoms with Crippen molar-refractivity contribution >= 4 is 25.0 Å². The molecule has 3 aromatic rings. The smallest absolute Gasteiger partial charge is 0.269 e. The Morgan fingerprint density at radius 3 is 2.30 bits per heavy atom. The fourth-order valence-electron chi connectivity index (χ4n) is 2.40. The van der Waals surface area contributed by atoms with E-state index < -0.39 is 13.2 Å². The van der Waals surface area contributed by atoms with E-state index in [-0.39, 0.29) is 10.7 Å². The minimum absolute atomic E-state index is 0.0533. The molecule has 0 fully saturated rings. The van der Waals surface area contributed by atoms with Gasteiger partial charge in [-0.25, -0.2) is 4.98 Å². The summed E-state index contributed by atoms with van der Waals surface area (Å²) in [5.74, 6) is 0.796. The van der Waals surface area contributed by atoms with Gasteiger partial charge < -0.3 is 4.43 Å². The molecule has 0 saturated carbocycles. The number of non-ortho nitro benzene ring substituents is 1. The molecule has 0 aliphatic heterocycles. The molecule has 0 saturated heterocycles. The molecule has 1 heterocycles. The highest BCUT2D eigenvalue weighted by Crippen LogP contribution is 2.37. The minimum Gasteiger partial charge on any atom is -0.543 e. The Morgan fingerprint density at radius 2 is 1.70 bits per heavy atom. The molecule has 27 heavy (non-hydrogen) atoms. The predicted octanol–water partition coefficient (Wildman–Crippen LogP) is 5.59. The average Bonchev–Trinajstić information content (AvgIpc) is 2.60. The number of aromatic nitrogens is 2. The third kappa shape index (κ3) is 3.98. The number of nitrogens with zero attached hydrogens (tertiary/aromatic N) is 3. The molecule has 0 bridgehead atoms. The van der Waals surface area contributed by atoms with Crippen LogP contribution in [0.1, 0.15) is 20.8 Å². The molecule has 0 radical (unpaired) electrons. The number of nitro benzene ring substituents is 1. The highest BCUT2D eigenvalue weighted by Gasteiger charge is 2.39. The van der Waals surface area contributed by atoms with Crippen LogP contribution in [0.2, 0.25) is 18.1 Å². The van der Waals surface area contributed by atoms with E-state index >= 15 is 0 Å². The van der Waals surface area contributed by atoms with E-state index in [2.05, 4.69) is 43.8 Å². The van der Waals surface area contributed by atoms with Gasteiger partial charge in [-0.15, -0.1) is 0 Å². The summed E-state index contributed by atoms with van der Waals surface area (Å²) in [6, 6.07) is 12.1. The number of rotatable bonds is 4. The normalized spacial score (nSPS) is 12.2. The lowest BCUT2D eigenvalue weighted by Crippen LogP contribution is -2.43. The van der Waals surface area contributed by atoms with Crippen LogP contribution in [-0.2, 0) is 0 Å². The fraction of sp³-hybridized carbons (Fsp3) is 0.300. The van der Waals surface area contributed by atoms with Crippen LogP contribution >= 0.6 is 0 Å². The second-order valence-electron chi connectivity index (χ2n) is 8.07. The summed E-state index contributed by atoms with van der Waals surface area (Å²) in [5.41, 5.74) is 3.02. The van der Waals surface area contributed by atoms with Crippen molar-refractivity contribution in [2.75, 3.05) is 0 Å². The maximum atomic E-state index is 10.8. The molecule has 1 aromatic heterocycles. The van der Waals surface area contributed by atoms with Gasteiger partial charge in [-0.1, -0.05) is 20.8 Å². The Labute approximate surface area is 159 Å². The molecule has 0 aliphatic rings. The van der Waals surface area contributed by atoms with Gasteiger partial charge in [0.05, 0.1) is 27.8 Å². The van der Waals surface area contributed by atoms with E-state index in [1.54, 1.807) is 18.3 Å². The highest BCUT2D eigenvalue weighted by atomic mass is 28.4. The monoisotopic (exact) mass is 381 g/mol. The number of nitro groups is 1. The van der Waals surface area contributed by atoms with E-state index in [0.717, 1.165) is 22.3 Å². The second-order valence-corrected chi connectivity index (χ2v) is 12.8. The Hall–Kier alpha value is -2.80. The van der Waals surface area contributed by atoms with Gasteiger partial charge in [-0.05, 0) is 42.4 Å². The average molecular weight is 382 g/mol. The van der Waals surface area contributed by atoms with Crippen LogP contribution in [0.15, 0.2) is 48.7 Å². The van der Waals surface area contributed by atoms with Crippen molar-refractivity contribution in [2.24, 2.45) is 0 Å². The van der Waals surface area contributed by atoms with E-state index in [4.69, 9.17) is 4.43 Å². The van der Waals surface area contributed by atoms with Gasteiger partial charge in [0.2, 0.25) is 8.32 Å². The van der Waals surface area contributed by atoms with Gasteiger partial charge in [-0.3, -0.25) is 15.1 Å². The zero-order valence-corrected chi connectivity index (χ0v) is 17.2. The van der Waals surface area contributed by atoms with Gasteiger partial charge in [-0.2, -0.15) is 0 Å². The first kappa shape index (κ1) is 19.0. The van der Waals surface area contributed by atoms with Gasteiger partial charge in [0.1, 0.15) is 5.75 Å². The molecule has 0 spiro atoms. The van der Waals surface area contributed by atoms with Gasteiger partial charge in [0.15, 0.2) is 0 Å². The van der Waals surface area contributed by atoms with Crippen molar-refractivity contribution in [3.63, 3.8) is 0 Å². The van der Waals surface area contributed by atoms with Crippen molar-refractivity contribution in [3.8, 4) is 17.0 Å². The maximum absolute atomic E-state index is 10.8. The molecule has 0 amide bonds. The number of benzene rings is 2. The minimum atomic E-state index is -1.94. The first-order chi connectivity index (χ1) is 12.6. The van der Waals surface area contributed by atoms with E-state index in [1.165, 1.54) is 12.1 Å². The Bertz CT molecular complexity index is 996. The van der Waals surface area contributed by atoms with Crippen LogP contribution in [0.4, 0.5) is 5.69 Å². The predicted molar refractivity (Wildman–Crippen MR) is 109 cm³/mol. The highest BCUT2D eigenvalue weighted by molar-refractivity contribution is 6.74. The van der Waals surface area contributed by atoms with E-state index in [1.807, 2.05) is 18.2 Å². The zero-order valence-electron chi connectivity index (χ0n) is 16.2. The van der Waals surface area contributed by atoms with Gasteiger partial charge in [0.25, 0.3) is 5.69 Å². The molecule has 2 aromatic carbocycles. The largest absolute Gasteiger partial charge is 0.543 e. The molecule has 7 heteroatoms. The topological polar surface area (TPSA) is 78.2 Å². The number of hydrogen-bond donors (Lipinski definition) is 0. The molecular weight excluding hydrogens is 358 g/mol. The summed E-state index contributed by atoms with van der Waals surface area (Å²) in [7, 11) is -1.94. The van der Waals surface area contributed by atoms with Crippen molar-refractivity contribution in [1.29, 1.82) is 0 Å². The molecule has 3 rings (SSSR count). The second kappa shape index (κ2) is 6.73. The SMILES string of the molecule is CC(C)(C)[Si](C)(C)Oc1ccc2ncc(-c3ccc([N+](=O)[O-])cc3)nc2c1. The molecule has 0 N–H and O–H groups in total. The molecule has 6 nitrogen and oxygen atoms in total. The van der Waals surface area contributed by atoms with Crippen molar-refractivity contribution in [1.82, 2.24) is 9.97 Å². The van der Waals surface area contributed by atoms with Crippen LogP contribution in [-0.4, -0.2) is 23.2 Å². The lowest BCUT2D eigenvalue weighted by Gasteiger charge is -2.36. The van der Waals surface area contributed by atoms with Crippen molar-refractivity contribution < 1.29 is 9.35 Å². The van der Waals surface area contributed by atoms with Crippen LogP contribution in [0, 0.1) is 10.1 Å². The van der Waals surface area contributed by atoms with Crippen LogP contribution in [0.25, 0.3) is 22.3 Å². The van der Waals surface area contributed by atoms with Gasteiger partial charge in [0, 0.05) is 23.8 Å². The van der Waals surface area contributed by atoms with Crippen molar-refractivity contribution in [2.45, 2.75) is 38.9 Å². The Balaban J connectivity index is 1.95. The third-order valence-corrected chi connectivity index (χ3v) is 9.43. The quantitative estimate of drug-likeness (QED) is 0.334. The molecule has 0 atom stereocenters. The van der Waals surface area contributed by atoms with E-state index in [0.29, 0.717) is 5.69 Å². The number of hydrogen-bond acceptors (Lipinski definition) is 5. The summed E-state index contributed by atoms with van der Waals surface area (Å²) in [6.07, 6.45) is 1.68.